The number of hydrogen-bond donors (Lipinski definition) is 0. The Morgan fingerprint density at radius 1 is 1.71 bits per heavy atom. The zero-order valence-corrected chi connectivity index (χ0v) is 8.58. The number of pyridine rings is 1. The van der Waals surface area contributed by atoms with Gasteiger partial charge in [-0.15, -0.1) is 0 Å². The molecule has 0 fully saturated rings. The van der Waals surface area contributed by atoms with Crippen LogP contribution in [-0.2, 0) is 4.79 Å². The Morgan fingerprint density at radius 3 is 3.00 bits per heavy atom. The topological polar surface area (TPSA) is 51.6 Å². The van der Waals surface area contributed by atoms with Crippen LogP contribution in [0.3, 0.4) is 0 Å². The molecule has 1 aromatic heterocycles. The Bertz CT molecular complexity index is 375. The summed E-state index contributed by atoms with van der Waals surface area (Å²) in [5, 5.41) is 0.475. The van der Waals surface area contributed by atoms with E-state index in [1.54, 1.807) is 13.0 Å². The number of halogens is 1. The summed E-state index contributed by atoms with van der Waals surface area (Å²) in [7, 11) is 1.49. The van der Waals surface area contributed by atoms with Crippen LogP contribution in [0.5, 0.6) is 5.88 Å². The SMILES string of the molecule is COc1nccc(Cl)c1C(C)N=C=O. The van der Waals surface area contributed by atoms with Crippen LogP contribution in [0.1, 0.15) is 18.5 Å². The fraction of sp³-hybridized carbons (Fsp3) is 0.333. The third-order valence-corrected chi connectivity index (χ3v) is 2.09. The van der Waals surface area contributed by atoms with Gasteiger partial charge in [0.05, 0.1) is 23.7 Å². The first kappa shape index (κ1) is 10.7. The van der Waals surface area contributed by atoms with Gasteiger partial charge >= 0.3 is 0 Å². The van der Waals surface area contributed by atoms with E-state index in [1.807, 2.05) is 0 Å². The fourth-order valence-corrected chi connectivity index (χ4v) is 1.41. The van der Waals surface area contributed by atoms with Gasteiger partial charge in [-0.3, -0.25) is 0 Å². The van der Waals surface area contributed by atoms with Crippen molar-refractivity contribution in [1.29, 1.82) is 0 Å². The Balaban J connectivity index is 3.22. The van der Waals surface area contributed by atoms with E-state index >= 15 is 0 Å². The lowest BCUT2D eigenvalue weighted by atomic mass is 10.1. The van der Waals surface area contributed by atoms with E-state index in [-0.39, 0.29) is 0 Å². The maximum atomic E-state index is 10.1. The van der Waals surface area contributed by atoms with E-state index < -0.39 is 6.04 Å². The largest absolute Gasteiger partial charge is 0.481 e. The van der Waals surface area contributed by atoms with Crippen LogP contribution in [0.25, 0.3) is 0 Å². The van der Waals surface area contributed by atoms with Gasteiger partial charge in [0, 0.05) is 6.20 Å². The first-order valence-electron chi connectivity index (χ1n) is 3.96. The number of aromatic nitrogens is 1. The Morgan fingerprint density at radius 2 is 2.43 bits per heavy atom. The average Bonchev–Trinajstić information content (AvgIpc) is 2.17. The number of ether oxygens (including phenoxy) is 1. The number of nitrogens with zero attached hydrogens (tertiary/aromatic N) is 2. The third-order valence-electron chi connectivity index (χ3n) is 1.76. The maximum absolute atomic E-state index is 10.1. The van der Waals surface area contributed by atoms with E-state index in [1.165, 1.54) is 19.4 Å². The van der Waals surface area contributed by atoms with Crippen LogP contribution in [-0.4, -0.2) is 18.2 Å². The number of methoxy groups -OCH3 is 1. The second kappa shape index (κ2) is 4.74. The molecule has 0 aliphatic heterocycles. The van der Waals surface area contributed by atoms with Gasteiger partial charge in [0.2, 0.25) is 12.0 Å². The Kier molecular flexibility index (Phi) is 3.63. The van der Waals surface area contributed by atoms with Crippen molar-refractivity contribution in [1.82, 2.24) is 4.98 Å². The first-order chi connectivity index (χ1) is 6.70. The van der Waals surface area contributed by atoms with Gasteiger partial charge in [-0.05, 0) is 13.0 Å². The Labute approximate surface area is 86.6 Å². The highest BCUT2D eigenvalue weighted by Crippen LogP contribution is 2.31. The lowest BCUT2D eigenvalue weighted by Gasteiger charge is -2.10. The highest BCUT2D eigenvalue weighted by molar-refractivity contribution is 6.31. The molecule has 1 atom stereocenters. The van der Waals surface area contributed by atoms with Crippen LogP contribution in [0.15, 0.2) is 17.3 Å². The van der Waals surface area contributed by atoms with Crippen molar-refractivity contribution in [3.63, 3.8) is 0 Å². The summed E-state index contributed by atoms with van der Waals surface area (Å²) < 4.78 is 5.01. The highest BCUT2D eigenvalue weighted by Gasteiger charge is 2.15. The van der Waals surface area contributed by atoms with Crippen LogP contribution in [0.4, 0.5) is 0 Å². The Hall–Kier alpha value is -1.38. The summed E-state index contributed by atoms with van der Waals surface area (Å²) in [5.74, 6) is 0.379. The lowest BCUT2D eigenvalue weighted by molar-refractivity contribution is 0.390. The minimum absolute atomic E-state index is 0.379. The zero-order valence-electron chi connectivity index (χ0n) is 7.82. The van der Waals surface area contributed by atoms with Crippen molar-refractivity contribution in [2.24, 2.45) is 4.99 Å². The fourth-order valence-electron chi connectivity index (χ4n) is 1.12. The molecule has 0 spiro atoms. The molecule has 0 radical (unpaired) electrons. The predicted molar refractivity (Wildman–Crippen MR) is 52.3 cm³/mol. The highest BCUT2D eigenvalue weighted by atomic mass is 35.5. The molecule has 0 saturated heterocycles. The summed E-state index contributed by atoms with van der Waals surface area (Å²) in [5.41, 5.74) is 0.597. The van der Waals surface area contributed by atoms with Gasteiger partial charge in [-0.1, -0.05) is 11.6 Å². The smallest absolute Gasteiger partial charge is 0.235 e. The van der Waals surface area contributed by atoms with Crippen molar-refractivity contribution >= 4 is 17.7 Å². The predicted octanol–water partition coefficient (Wildman–Crippen LogP) is 2.14. The second-order valence-electron chi connectivity index (χ2n) is 2.61. The van der Waals surface area contributed by atoms with Gasteiger partial charge in [-0.2, -0.15) is 4.99 Å². The molecule has 0 aromatic carbocycles. The van der Waals surface area contributed by atoms with Crippen LogP contribution < -0.4 is 4.74 Å². The summed E-state index contributed by atoms with van der Waals surface area (Å²) in [6.07, 6.45) is 3.01. The van der Waals surface area contributed by atoms with Crippen molar-refractivity contribution in [3.05, 3.63) is 22.8 Å². The molecule has 1 unspecified atom stereocenters. The normalized spacial score (nSPS) is 11.6. The van der Waals surface area contributed by atoms with Crippen molar-refractivity contribution in [2.45, 2.75) is 13.0 Å². The van der Waals surface area contributed by atoms with E-state index in [0.717, 1.165) is 0 Å². The quantitative estimate of drug-likeness (QED) is 0.570. The molecule has 1 rings (SSSR count). The average molecular weight is 213 g/mol. The molecule has 0 saturated carbocycles. The number of hydrogen-bond acceptors (Lipinski definition) is 4. The third kappa shape index (κ3) is 2.10. The molecule has 1 heterocycles. The summed E-state index contributed by atoms with van der Waals surface area (Å²) in [6, 6.07) is 1.22. The molecule has 4 nitrogen and oxygen atoms in total. The van der Waals surface area contributed by atoms with Gasteiger partial charge in [0.1, 0.15) is 0 Å². The summed E-state index contributed by atoms with van der Waals surface area (Å²) in [6.45, 7) is 1.72. The molecule has 14 heavy (non-hydrogen) atoms. The second-order valence-corrected chi connectivity index (χ2v) is 3.02. The van der Waals surface area contributed by atoms with Gasteiger partial charge < -0.3 is 4.74 Å². The molecule has 1 aromatic rings. The van der Waals surface area contributed by atoms with E-state index in [2.05, 4.69) is 9.98 Å². The molecular formula is C9H9ClN2O2. The van der Waals surface area contributed by atoms with Crippen LogP contribution in [0, 0.1) is 0 Å². The van der Waals surface area contributed by atoms with Crippen molar-refractivity contribution in [2.75, 3.05) is 7.11 Å². The minimum atomic E-state index is -0.399. The standard InChI is InChI=1S/C9H9ClN2O2/c1-6(12-5-13)8-7(10)3-4-11-9(8)14-2/h3-4,6H,1-2H3. The van der Waals surface area contributed by atoms with Gasteiger partial charge in [0.15, 0.2) is 0 Å². The summed E-state index contributed by atoms with van der Waals surface area (Å²) in [4.78, 5) is 17.6. The summed E-state index contributed by atoms with van der Waals surface area (Å²) >= 11 is 5.93. The minimum Gasteiger partial charge on any atom is -0.481 e. The zero-order chi connectivity index (χ0) is 10.6. The molecule has 5 heteroatoms. The monoisotopic (exact) mass is 212 g/mol. The first-order valence-corrected chi connectivity index (χ1v) is 4.34. The van der Waals surface area contributed by atoms with Gasteiger partial charge in [-0.25, -0.2) is 9.78 Å². The number of aliphatic imine (C=N–C) groups is 1. The molecule has 0 aliphatic rings. The van der Waals surface area contributed by atoms with E-state index in [9.17, 15) is 4.79 Å². The van der Waals surface area contributed by atoms with Crippen LogP contribution in [0.2, 0.25) is 5.02 Å². The van der Waals surface area contributed by atoms with Crippen molar-refractivity contribution < 1.29 is 9.53 Å². The van der Waals surface area contributed by atoms with Crippen molar-refractivity contribution in [3.8, 4) is 5.88 Å². The lowest BCUT2D eigenvalue weighted by Crippen LogP contribution is -1.98. The molecule has 74 valence electrons. The molecule has 0 amide bonds. The molecule has 0 aliphatic carbocycles. The van der Waals surface area contributed by atoms with E-state index in [4.69, 9.17) is 16.3 Å². The molecular weight excluding hydrogens is 204 g/mol. The number of carbonyl (C=O) groups excluding carboxylic acids is 1. The molecule has 0 bridgehead atoms. The van der Waals surface area contributed by atoms with Crippen LogP contribution >= 0.6 is 11.6 Å². The number of rotatable bonds is 3. The van der Waals surface area contributed by atoms with E-state index in [0.29, 0.717) is 16.5 Å². The van der Waals surface area contributed by atoms with Gasteiger partial charge in [0.25, 0.3) is 0 Å². The number of isocyanates is 1. The molecule has 0 N–H and O–H groups in total. The maximum Gasteiger partial charge on any atom is 0.235 e.